The molecule has 0 aromatic carbocycles. The highest BCUT2D eigenvalue weighted by Gasteiger charge is 2.11. The zero-order valence-corrected chi connectivity index (χ0v) is 12.1. The quantitative estimate of drug-likeness (QED) is 0.896. The maximum Gasteiger partial charge on any atom is 0.165 e. The third-order valence-corrected chi connectivity index (χ3v) is 2.95. The highest BCUT2D eigenvalue weighted by atomic mass is 15.3. The van der Waals surface area contributed by atoms with Crippen LogP contribution in [0.15, 0.2) is 12.3 Å². The lowest BCUT2D eigenvalue weighted by atomic mass is 10.2. The average Bonchev–Trinajstić information content (AvgIpc) is 2.75. The van der Waals surface area contributed by atoms with Crippen LogP contribution in [0.3, 0.4) is 0 Å². The van der Waals surface area contributed by atoms with Crippen LogP contribution in [0.25, 0.3) is 11.4 Å². The Morgan fingerprint density at radius 2 is 2.05 bits per heavy atom. The molecule has 5 nitrogen and oxygen atoms in total. The van der Waals surface area contributed by atoms with Gasteiger partial charge in [0.05, 0.1) is 11.3 Å². The third kappa shape index (κ3) is 3.10. The van der Waals surface area contributed by atoms with Crippen molar-refractivity contribution < 1.29 is 0 Å². The van der Waals surface area contributed by atoms with Gasteiger partial charge in [-0.1, -0.05) is 13.8 Å². The van der Waals surface area contributed by atoms with Gasteiger partial charge in [-0.3, -0.25) is 4.68 Å². The van der Waals surface area contributed by atoms with Crippen LogP contribution in [0.1, 0.15) is 31.7 Å². The molecule has 2 heterocycles. The normalized spacial score (nSPS) is 10.7. The van der Waals surface area contributed by atoms with Gasteiger partial charge in [0, 0.05) is 31.5 Å². The van der Waals surface area contributed by atoms with Crippen LogP contribution in [0, 0.1) is 6.92 Å². The van der Waals surface area contributed by atoms with Gasteiger partial charge in [-0.15, -0.1) is 0 Å². The minimum Gasteiger partial charge on any atom is -0.370 e. The average molecular weight is 259 g/mol. The number of aromatic nitrogens is 4. The van der Waals surface area contributed by atoms with Crippen molar-refractivity contribution in [2.24, 2.45) is 7.05 Å². The van der Waals surface area contributed by atoms with E-state index < -0.39 is 0 Å². The predicted octanol–water partition coefficient (Wildman–Crippen LogP) is 2.57. The molecule has 0 amide bonds. The van der Waals surface area contributed by atoms with Crippen LogP contribution in [-0.2, 0) is 13.5 Å². The number of anilines is 1. The van der Waals surface area contributed by atoms with E-state index in [1.165, 1.54) is 0 Å². The number of hydrogen-bond acceptors (Lipinski definition) is 4. The first-order valence-electron chi connectivity index (χ1n) is 6.76. The second-order valence-corrected chi connectivity index (χ2v) is 4.65. The molecule has 0 unspecified atom stereocenters. The molecule has 0 aliphatic heterocycles. The molecule has 0 atom stereocenters. The number of aryl methyl sites for hydroxylation is 3. The van der Waals surface area contributed by atoms with Gasteiger partial charge in [-0.2, -0.15) is 5.10 Å². The van der Waals surface area contributed by atoms with Gasteiger partial charge in [0.2, 0.25) is 0 Å². The van der Waals surface area contributed by atoms with Crippen molar-refractivity contribution in [3.63, 3.8) is 0 Å². The molecule has 2 aromatic rings. The fourth-order valence-electron chi connectivity index (χ4n) is 1.96. The number of hydrogen-bond donors (Lipinski definition) is 1. The first-order chi connectivity index (χ1) is 9.13. The molecular formula is C14H21N5. The van der Waals surface area contributed by atoms with Crippen LogP contribution in [0.2, 0.25) is 0 Å². The second kappa shape index (κ2) is 5.82. The molecule has 0 saturated carbocycles. The van der Waals surface area contributed by atoms with E-state index in [-0.39, 0.29) is 0 Å². The fraction of sp³-hybridized carbons (Fsp3) is 0.500. The summed E-state index contributed by atoms with van der Waals surface area (Å²) in [6.45, 7) is 7.15. The first kappa shape index (κ1) is 13.5. The minimum atomic E-state index is 0.753. The zero-order valence-electron chi connectivity index (χ0n) is 12.1. The lowest BCUT2D eigenvalue weighted by Crippen LogP contribution is -2.05. The highest BCUT2D eigenvalue weighted by Crippen LogP contribution is 2.21. The molecule has 2 rings (SSSR count). The first-order valence-corrected chi connectivity index (χ1v) is 6.76. The van der Waals surface area contributed by atoms with E-state index in [4.69, 9.17) is 0 Å². The Bertz CT molecular complexity index is 559. The lowest BCUT2D eigenvalue weighted by molar-refractivity contribution is 0.756. The number of nitrogens with zero attached hydrogens (tertiary/aromatic N) is 4. The van der Waals surface area contributed by atoms with E-state index in [0.29, 0.717) is 0 Å². The summed E-state index contributed by atoms with van der Waals surface area (Å²) in [6, 6.07) is 2.02. The standard InChI is InChI=1S/C14H21N5/c1-5-7-15-13-8-11(6-2)16-14(17-13)12-9-19(4)18-10(12)3/h8-9H,5-7H2,1-4H3,(H,15,16,17). The maximum atomic E-state index is 4.60. The molecule has 0 spiro atoms. The van der Waals surface area contributed by atoms with Crippen LogP contribution in [0.4, 0.5) is 5.82 Å². The molecule has 0 fully saturated rings. The summed E-state index contributed by atoms with van der Waals surface area (Å²) >= 11 is 0. The van der Waals surface area contributed by atoms with E-state index in [1.54, 1.807) is 4.68 Å². The largest absolute Gasteiger partial charge is 0.370 e. The number of rotatable bonds is 5. The Balaban J connectivity index is 2.41. The van der Waals surface area contributed by atoms with E-state index in [9.17, 15) is 0 Å². The molecule has 0 bridgehead atoms. The van der Waals surface area contributed by atoms with Gasteiger partial charge >= 0.3 is 0 Å². The molecule has 2 aromatic heterocycles. The molecule has 0 aliphatic carbocycles. The van der Waals surface area contributed by atoms with Crippen molar-refractivity contribution >= 4 is 5.82 Å². The summed E-state index contributed by atoms with van der Waals surface area (Å²) in [6.07, 6.45) is 3.94. The van der Waals surface area contributed by atoms with Gasteiger partial charge in [0.15, 0.2) is 5.82 Å². The fourth-order valence-corrected chi connectivity index (χ4v) is 1.96. The van der Waals surface area contributed by atoms with Crippen LogP contribution in [-0.4, -0.2) is 26.3 Å². The number of nitrogens with one attached hydrogen (secondary N) is 1. The molecule has 0 aliphatic rings. The molecule has 102 valence electrons. The van der Waals surface area contributed by atoms with Crippen molar-refractivity contribution in [3.8, 4) is 11.4 Å². The molecular weight excluding hydrogens is 238 g/mol. The van der Waals surface area contributed by atoms with E-state index in [2.05, 4.69) is 34.2 Å². The van der Waals surface area contributed by atoms with Gasteiger partial charge in [-0.05, 0) is 19.8 Å². The van der Waals surface area contributed by atoms with Gasteiger partial charge in [0.1, 0.15) is 5.82 Å². The molecule has 19 heavy (non-hydrogen) atoms. The van der Waals surface area contributed by atoms with Crippen LogP contribution < -0.4 is 5.32 Å². The van der Waals surface area contributed by atoms with E-state index >= 15 is 0 Å². The van der Waals surface area contributed by atoms with Crippen molar-refractivity contribution in [1.29, 1.82) is 0 Å². The van der Waals surface area contributed by atoms with Crippen molar-refractivity contribution in [3.05, 3.63) is 23.7 Å². The SMILES string of the molecule is CCCNc1cc(CC)nc(-c2cn(C)nc2C)n1. The topological polar surface area (TPSA) is 55.6 Å². The molecule has 5 heteroatoms. The monoisotopic (exact) mass is 259 g/mol. The Kier molecular flexibility index (Phi) is 4.14. The molecule has 1 N–H and O–H groups in total. The summed E-state index contributed by atoms with van der Waals surface area (Å²) < 4.78 is 1.80. The van der Waals surface area contributed by atoms with Gasteiger partial charge in [-0.25, -0.2) is 9.97 Å². The smallest absolute Gasteiger partial charge is 0.165 e. The van der Waals surface area contributed by atoms with Gasteiger partial charge < -0.3 is 5.32 Å². The molecule has 0 radical (unpaired) electrons. The van der Waals surface area contributed by atoms with E-state index in [0.717, 1.165) is 48.0 Å². The Hall–Kier alpha value is -1.91. The Labute approximate surface area is 114 Å². The van der Waals surface area contributed by atoms with Crippen molar-refractivity contribution in [2.45, 2.75) is 33.6 Å². The van der Waals surface area contributed by atoms with Crippen molar-refractivity contribution in [1.82, 2.24) is 19.7 Å². The van der Waals surface area contributed by atoms with E-state index in [1.807, 2.05) is 26.2 Å². The summed E-state index contributed by atoms with van der Waals surface area (Å²) in [5, 5.41) is 7.68. The van der Waals surface area contributed by atoms with Crippen molar-refractivity contribution in [2.75, 3.05) is 11.9 Å². The van der Waals surface area contributed by atoms with Gasteiger partial charge in [0.25, 0.3) is 0 Å². The predicted molar refractivity (Wildman–Crippen MR) is 77.1 cm³/mol. The van der Waals surface area contributed by atoms with Crippen LogP contribution >= 0.6 is 0 Å². The Morgan fingerprint density at radius 3 is 2.63 bits per heavy atom. The van der Waals surface area contributed by atoms with Crippen LogP contribution in [0.5, 0.6) is 0 Å². The summed E-state index contributed by atoms with van der Waals surface area (Å²) in [4.78, 5) is 9.19. The lowest BCUT2D eigenvalue weighted by Gasteiger charge is -2.08. The Morgan fingerprint density at radius 1 is 1.26 bits per heavy atom. The maximum absolute atomic E-state index is 4.60. The summed E-state index contributed by atoms with van der Waals surface area (Å²) in [5.41, 5.74) is 3.00. The summed E-state index contributed by atoms with van der Waals surface area (Å²) in [7, 11) is 1.91. The second-order valence-electron chi connectivity index (χ2n) is 4.65. The summed E-state index contributed by atoms with van der Waals surface area (Å²) in [5.74, 6) is 1.65. The highest BCUT2D eigenvalue weighted by molar-refractivity contribution is 5.59. The third-order valence-electron chi connectivity index (χ3n) is 2.95. The molecule has 0 saturated heterocycles. The minimum absolute atomic E-state index is 0.753. The zero-order chi connectivity index (χ0) is 13.8.